The topological polar surface area (TPSA) is 93.1 Å². The second kappa shape index (κ2) is 4.46. The number of esters is 1. The Morgan fingerprint density at radius 2 is 1.84 bits per heavy atom. The fourth-order valence-electron chi connectivity index (χ4n) is 6.61. The molecule has 2 N–H and O–H groups in total. The maximum Gasteiger partial charge on any atom is 0.341 e. The van der Waals surface area contributed by atoms with Gasteiger partial charge in [0.25, 0.3) is 0 Å². The number of Topliss-reactive ketones (excluding diaryl/α,β-unsaturated/α-hetero) is 1. The van der Waals surface area contributed by atoms with Crippen molar-refractivity contribution >= 4 is 11.8 Å². The maximum absolute atomic E-state index is 13.2. The minimum Gasteiger partial charge on any atom is -0.511 e. The maximum atomic E-state index is 13.2. The average molecular weight is 348 g/mol. The molecule has 0 aromatic heterocycles. The number of fused-ring (bicyclic) bond motifs is 1. The van der Waals surface area contributed by atoms with E-state index in [0.717, 1.165) is 0 Å². The Bertz CT molecular complexity index is 727. The molecule has 25 heavy (non-hydrogen) atoms. The second-order valence-electron chi connectivity index (χ2n) is 8.86. The Morgan fingerprint density at radius 3 is 2.56 bits per heavy atom. The van der Waals surface area contributed by atoms with Gasteiger partial charge in [-0.3, -0.25) is 4.79 Å². The third-order valence-electron chi connectivity index (χ3n) is 7.57. The highest BCUT2D eigenvalue weighted by Gasteiger charge is 2.84. The molecule has 3 aliphatic heterocycles. The van der Waals surface area contributed by atoms with Crippen molar-refractivity contribution in [3.8, 4) is 0 Å². The molecule has 0 aromatic carbocycles. The van der Waals surface area contributed by atoms with Crippen LogP contribution in [0.1, 0.15) is 40.0 Å². The molecule has 3 aliphatic carbocycles. The third kappa shape index (κ3) is 1.48. The molecular weight excluding hydrogens is 324 g/mol. The molecule has 5 fully saturated rings. The summed E-state index contributed by atoms with van der Waals surface area (Å²) in [5.74, 6) is -1.89. The number of carbonyl (C=O) groups excluding carboxylic acids is 2. The fourth-order valence-corrected chi connectivity index (χ4v) is 6.61. The number of aliphatic hydroxyl groups excluding tert-OH is 2. The van der Waals surface area contributed by atoms with E-state index in [1.54, 1.807) is 0 Å². The molecule has 2 saturated carbocycles. The highest BCUT2D eigenvalue weighted by Crippen LogP contribution is 2.70. The van der Waals surface area contributed by atoms with Crippen LogP contribution in [0.15, 0.2) is 11.3 Å². The summed E-state index contributed by atoms with van der Waals surface area (Å²) in [4.78, 5) is 26.1. The van der Waals surface area contributed by atoms with Crippen molar-refractivity contribution in [1.29, 1.82) is 0 Å². The summed E-state index contributed by atoms with van der Waals surface area (Å²) >= 11 is 0. The lowest BCUT2D eigenvalue weighted by Crippen LogP contribution is -2.72. The molecule has 9 atom stereocenters. The van der Waals surface area contributed by atoms with Crippen molar-refractivity contribution in [2.45, 2.75) is 63.4 Å². The second-order valence-corrected chi connectivity index (χ2v) is 8.86. The number of carbonyl (C=O) groups is 2. The van der Waals surface area contributed by atoms with Crippen molar-refractivity contribution in [2.75, 3.05) is 0 Å². The van der Waals surface area contributed by atoms with Crippen LogP contribution in [0.25, 0.3) is 0 Å². The number of ketones is 1. The van der Waals surface area contributed by atoms with Crippen LogP contribution >= 0.6 is 0 Å². The van der Waals surface area contributed by atoms with Crippen molar-refractivity contribution < 1.29 is 29.3 Å². The van der Waals surface area contributed by atoms with E-state index < -0.39 is 35.3 Å². The predicted molar refractivity (Wildman–Crippen MR) is 85.4 cm³/mol. The molecule has 0 unspecified atom stereocenters. The summed E-state index contributed by atoms with van der Waals surface area (Å²) in [6.45, 7) is 5.68. The van der Waals surface area contributed by atoms with Crippen molar-refractivity contribution in [1.82, 2.24) is 0 Å². The predicted octanol–water partition coefficient (Wildman–Crippen LogP) is 1.51. The first kappa shape index (κ1) is 15.8. The van der Waals surface area contributed by atoms with Crippen molar-refractivity contribution in [3.63, 3.8) is 0 Å². The highest BCUT2D eigenvalue weighted by atomic mass is 16.6. The van der Waals surface area contributed by atoms with E-state index in [9.17, 15) is 19.8 Å². The lowest BCUT2D eigenvalue weighted by molar-refractivity contribution is -0.300. The van der Waals surface area contributed by atoms with Crippen LogP contribution < -0.4 is 0 Å². The first-order chi connectivity index (χ1) is 11.7. The molecular formula is C19H24O6. The van der Waals surface area contributed by atoms with E-state index in [1.807, 2.05) is 20.8 Å². The van der Waals surface area contributed by atoms with Gasteiger partial charge in [-0.2, -0.15) is 0 Å². The molecule has 6 rings (SSSR count). The van der Waals surface area contributed by atoms with Crippen molar-refractivity contribution in [2.24, 2.45) is 29.6 Å². The minimum absolute atomic E-state index is 0.00145. The standard InChI is InChI=1S/C19H24O6/c1-7-4-8(2)14(21)12-17(23)25-18-6-9(3)16-15(22)10(18)5-11(13(7)20)19(12,18)24-16/h7-11,15-16,21-22H,4-6H2,1-3H3/t7-,8+,9+,10+,11+,15+,16+,18+,19-/m0/s1. The van der Waals surface area contributed by atoms with Crippen LogP contribution in [0.3, 0.4) is 0 Å². The smallest absolute Gasteiger partial charge is 0.341 e. The summed E-state index contributed by atoms with van der Waals surface area (Å²) in [6, 6.07) is 0. The van der Waals surface area contributed by atoms with E-state index >= 15 is 0 Å². The highest BCUT2D eigenvalue weighted by molar-refractivity contribution is 5.99. The Hall–Kier alpha value is -1.40. The van der Waals surface area contributed by atoms with Gasteiger partial charge in [0.15, 0.2) is 11.2 Å². The van der Waals surface area contributed by atoms with Gasteiger partial charge in [0.1, 0.15) is 17.1 Å². The van der Waals surface area contributed by atoms with Gasteiger partial charge >= 0.3 is 5.97 Å². The number of hydrogen-bond donors (Lipinski definition) is 2. The fraction of sp³-hybridized carbons (Fsp3) is 0.789. The normalized spacial score (nSPS) is 56.6. The Kier molecular flexibility index (Phi) is 2.83. The largest absolute Gasteiger partial charge is 0.511 e. The van der Waals surface area contributed by atoms with Crippen LogP contribution in [-0.4, -0.2) is 45.4 Å². The first-order valence-electron chi connectivity index (χ1n) is 9.31. The van der Waals surface area contributed by atoms with E-state index in [0.29, 0.717) is 19.3 Å². The summed E-state index contributed by atoms with van der Waals surface area (Å²) in [6.07, 6.45) is 0.318. The van der Waals surface area contributed by atoms with Crippen molar-refractivity contribution in [3.05, 3.63) is 11.3 Å². The van der Waals surface area contributed by atoms with Gasteiger partial charge in [-0.25, -0.2) is 4.79 Å². The molecule has 6 heteroatoms. The van der Waals surface area contributed by atoms with Gasteiger partial charge in [-0.05, 0) is 25.2 Å². The summed E-state index contributed by atoms with van der Waals surface area (Å²) in [7, 11) is 0. The third-order valence-corrected chi connectivity index (χ3v) is 7.57. The SMILES string of the molecule is C[C@@H]1C[C@H](C)C(=O)[C@H]2C[C@@H]3[C@@H](O)[C@@H]4O[C@]25C(=C1O)C(=O)O[C@]35C[C@H]4C. The van der Waals surface area contributed by atoms with Gasteiger partial charge in [-0.1, -0.05) is 20.8 Å². The Morgan fingerprint density at radius 1 is 1.12 bits per heavy atom. The summed E-state index contributed by atoms with van der Waals surface area (Å²) in [5, 5.41) is 21.7. The summed E-state index contributed by atoms with van der Waals surface area (Å²) < 4.78 is 12.3. The molecule has 6 aliphatic rings. The average Bonchev–Trinajstić information content (AvgIpc) is 2.90. The lowest BCUT2D eigenvalue weighted by atomic mass is 9.59. The zero-order valence-electron chi connectivity index (χ0n) is 14.7. The molecule has 0 radical (unpaired) electrons. The van der Waals surface area contributed by atoms with Crippen LogP contribution in [0, 0.1) is 29.6 Å². The number of ether oxygens (including phenoxy) is 2. The Labute approximate surface area is 146 Å². The molecule has 3 saturated heterocycles. The van der Waals surface area contributed by atoms with Gasteiger partial charge in [0, 0.05) is 17.8 Å². The number of aliphatic hydroxyl groups is 2. The van der Waals surface area contributed by atoms with Crippen LogP contribution in [0.2, 0.25) is 0 Å². The van der Waals surface area contributed by atoms with Gasteiger partial charge < -0.3 is 19.7 Å². The number of rotatable bonds is 0. The quantitative estimate of drug-likeness (QED) is 0.645. The van der Waals surface area contributed by atoms with Crippen LogP contribution in [0.5, 0.6) is 0 Å². The minimum atomic E-state index is -1.23. The molecule has 3 heterocycles. The van der Waals surface area contributed by atoms with E-state index in [1.165, 1.54) is 0 Å². The lowest BCUT2D eigenvalue weighted by Gasteiger charge is -2.58. The van der Waals surface area contributed by atoms with Crippen LogP contribution in [-0.2, 0) is 19.1 Å². The molecule has 6 nitrogen and oxygen atoms in total. The zero-order valence-corrected chi connectivity index (χ0v) is 14.7. The molecule has 4 bridgehead atoms. The van der Waals surface area contributed by atoms with Gasteiger partial charge in [0.05, 0.1) is 18.1 Å². The number of hydrogen-bond acceptors (Lipinski definition) is 6. The monoisotopic (exact) mass is 348 g/mol. The van der Waals surface area contributed by atoms with Gasteiger partial charge in [0.2, 0.25) is 0 Å². The molecule has 0 amide bonds. The first-order valence-corrected chi connectivity index (χ1v) is 9.31. The van der Waals surface area contributed by atoms with E-state index in [2.05, 4.69) is 0 Å². The number of allylic oxidation sites excluding steroid dienone is 1. The zero-order chi connectivity index (χ0) is 17.9. The summed E-state index contributed by atoms with van der Waals surface area (Å²) in [5.41, 5.74) is -2.11. The molecule has 0 aromatic rings. The molecule has 136 valence electrons. The van der Waals surface area contributed by atoms with Crippen LogP contribution in [0.4, 0.5) is 0 Å². The molecule has 2 spiro atoms. The van der Waals surface area contributed by atoms with E-state index in [-0.39, 0.29) is 40.8 Å². The Balaban J connectivity index is 1.82. The van der Waals surface area contributed by atoms with Gasteiger partial charge in [-0.15, -0.1) is 0 Å². The van der Waals surface area contributed by atoms with E-state index in [4.69, 9.17) is 9.47 Å².